The first-order valence-electron chi connectivity index (χ1n) is 14.0. The number of aryl methyl sites for hydroxylation is 1. The lowest BCUT2D eigenvalue weighted by Gasteiger charge is -2.40. The van der Waals surface area contributed by atoms with Crippen molar-refractivity contribution in [3.8, 4) is 0 Å². The molecule has 194 valence electrons. The number of benzene rings is 2. The van der Waals surface area contributed by atoms with Gasteiger partial charge in [0.25, 0.3) is 5.91 Å². The fourth-order valence-electron chi connectivity index (χ4n) is 5.70. The van der Waals surface area contributed by atoms with E-state index in [1.165, 1.54) is 36.8 Å². The SMILES string of the molecule is CCCCc1ccc(C(=O)N2CCN(C(C(=O)Nc3ccc(C(C)C)cc3)C3CCCC3)CC2)cc1. The number of piperazine rings is 1. The van der Waals surface area contributed by atoms with Crippen LogP contribution >= 0.6 is 0 Å². The van der Waals surface area contributed by atoms with Gasteiger partial charge in [0.1, 0.15) is 0 Å². The van der Waals surface area contributed by atoms with Crippen molar-refractivity contribution in [2.24, 2.45) is 5.92 Å². The predicted molar refractivity (Wildman–Crippen MR) is 147 cm³/mol. The molecule has 4 rings (SSSR count). The Morgan fingerprint density at radius 2 is 1.56 bits per heavy atom. The highest BCUT2D eigenvalue weighted by atomic mass is 16.2. The number of anilines is 1. The van der Waals surface area contributed by atoms with Gasteiger partial charge in [0.05, 0.1) is 6.04 Å². The minimum Gasteiger partial charge on any atom is -0.336 e. The minimum atomic E-state index is -0.132. The maximum atomic E-state index is 13.5. The molecular weight excluding hydrogens is 446 g/mol. The van der Waals surface area contributed by atoms with Crippen LogP contribution in [-0.2, 0) is 11.2 Å². The third-order valence-corrected chi connectivity index (χ3v) is 7.97. The van der Waals surface area contributed by atoms with Crippen LogP contribution in [0.15, 0.2) is 48.5 Å². The van der Waals surface area contributed by atoms with E-state index in [0.717, 1.165) is 43.6 Å². The van der Waals surface area contributed by atoms with E-state index in [4.69, 9.17) is 0 Å². The van der Waals surface area contributed by atoms with Gasteiger partial charge in [-0.15, -0.1) is 0 Å². The van der Waals surface area contributed by atoms with Crippen LogP contribution in [0.3, 0.4) is 0 Å². The Morgan fingerprint density at radius 3 is 2.14 bits per heavy atom. The Morgan fingerprint density at radius 1 is 0.917 bits per heavy atom. The van der Waals surface area contributed by atoms with Crippen LogP contribution in [0.2, 0.25) is 0 Å². The highest BCUT2D eigenvalue weighted by Crippen LogP contribution is 2.32. The minimum absolute atomic E-state index is 0.0987. The van der Waals surface area contributed by atoms with Crippen molar-refractivity contribution < 1.29 is 9.59 Å². The second-order valence-corrected chi connectivity index (χ2v) is 10.9. The number of hydrogen-bond acceptors (Lipinski definition) is 3. The van der Waals surface area contributed by atoms with Crippen molar-refractivity contribution in [2.45, 2.75) is 77.7 Å². The molecule has 0 bridgehead atoms. The molecule has 5 heteroatoms. The van der Waals surface area contributed by atoms with E-state index in [-0.39, 0.29) is 17.9 Å². The molecule has 0 aromatic heterocycles. The van der Waals surface area contributed by atoms with Gasteiger partial charge in [0.2, 0.25) is 5.91 Å². The zero-order valence-corrected chi connectivity index (χ0v) is 22.3. The fourth-order valence-corrected chi connectivity index (χ4v) is 5.70. The van der Waals surface area contributed by atoms with E-state index in [2.05, 4.69) is 55.3 Å². The monoisotopic (exact) mass is 489 g/mol. The summed E-state index contributed by atoms with van der Waals surface area (Å²) in [6.07, 6.45) is 8.02. The maximum Gasteiger partial charge on any atom is 0.253 e. The van der Waals surface area contributed by atoms with Crippen LogP contribution < -0.4 is 5.32 Å². The summed E-state index contributed by atoms with van der Waals surface area (Å²) in [7, 11) is 0. The molecule has 1 saturated heterocycles. The smallest absolute Gasteiger partial charge is 0.253 e. The summed E-state index contributed by atoms with van der Waals surface area (Å²) < 4.78 is 0. The lowest BCUT2D eigenvalue weighted by molar-refractivity contribution is -0.123. The van der Waals surface area contributed by atoms with E-state index in [1.54, 1.807) is 0 Å². The summed E-state index contributed by atoms with van der Waals surface area (Å²) in [6, 6.07) is 16.2. The molecule has 2 aromatic rings. The first-order valence-corrected chi connectivity index (χ1v) is 14.0. The van der Waals surface area contributed by atoms with E-state index >= 15 is 0 Å². The molecule has 1 N–H and O–H groups in total. The number of amides is 2. The molecule has 1 aliphatic carbocycles. The molecule has 0 radical (unpaired) electrons. The quantitative estimate of drug-likeness (QED) is 0.462. The molecule has 1 atom stereocenters. The Balaban J connectivity index is 1.37. The Hall–Kier alpha value is -2.66. The summed E-state index contributed by atoms with van der Waals surface area (Å²) >= 11 is 0. The van der Waals surface area contributed by atoms with Gasteiger partial charge in [-0.25, -0.2) is 0 Å². The largest absolute Gasteiger partial charge is 0.336 e. The van der Waals surface area contributed by atoms with Crippen LogP contribution in [0.4, 0.5) is 5.69 Å². The number of unbranched alkanes of at least 4 members (excludes halogenated alkanes) is 1. The summed E-state index contributed by atoms with van der Waals surface area (Å²) in [5.74, 6) is 1.06. The van der Waals surface area contributed by atoms with Crippen molar-refractivity contribution >= 4 is 17.5 Å². The van der Waals surface area contributed by atoms with Crippen LogP contribution in [0.5, 0.6) is 0 Å². The van der Waals surface area contributed by atoms with Gasteiger partial charge in [-0.05, 0) is 72.9 Å². The van der Waals surface area contributed by atoms with E-state index in [1.807, 2.05) is 29.2 Å². The topological polar surface area (TPSA) is 52.7 Å². The molecule has 0 spiro atoms. The third-order valence-electron chi connectivity index (χ3n) is 7.97. The highest BCUT2D eigenvalue weighted by molar-refractivity contribution is 5.95. The summed E-state index contributed by atoms with van der Waals surface area (Å²) in [5.41, 5.74) is 4.20. The van der Waals surface area contributed by atoms with Crippen molar-refractivity contribution in [2.75, 3.05) is 31.5 Å². The zero-order valence-electron chi connectivity index (χ0n) is 22.3. The molecule has 1 aliphatic heterocycles. The van der Waals surface area contributed by atoms with E-state index in [9.17, 15) is 9.59 Å². The zero-order chi connectivity index (χ0) is 25.5. The standard InChI is InChI=1S/C31H43N3O2/c1-4-5-8-24-11-13-27(14-12-24)31(36)34-21-19-33(20-22-34)29(26-9-6-7-10-26)30(35)32-28-17-15-25(16-18-28)23(2)3/h11-18,23,26,29H,4-10,19-22H2,1-3H3,(H,32,35). The average molecular weight is 490 g/mol. The number of hydrogen-bond donors (Lipinski definition) is 1. The molecule has 2 fully saturated rings. The van der Waals surface area contributed by atoms with E-state index < -0.39 is 0 Å². The molecular formula is C31H43N3O2. The first kappa shape index (κ1) is 26.4. The van der Waals surface area contributed by atoms with Gasteiger partial charge in [-0.3, -0.25) is 14.5 Å². The van der Waals surface area contributed by atoms with Crippen LogP contribution in [0, 0.1) is 5.92 Å². The van der Waals surface area contributed by atoms with Crippen LogP contribution in [-0.4, -0.2) is 53.8 Å². The van der Waals surface area contributed by atoms with Gasteiger partial charge >= 0.3 is 0 Å². The number of nitrogens with zero attached hydrogens (tertiary/aromatic N) is 2. The van der Waals surface area contributed by atoms with Gasteiger partial charge < -0.3 is 10.2 Å². The number of nitrogens with one attached hydrogen (secondary N) is 1. The highest BCUT2D eigenvalue weighted by Gasteiger charge is 2.37. The van der Waals surface area contributed by atoms with Crippen LogP contribution in [0.25, 0.3) is 0 Å². The Kier molecular flexibility index (Phi) is 9.19. The molecule has 1 heterocycles. The third kappa shape index (κ3) is 6.56. The average Bonchev–Trinajstić information content (AvgIpc) is 3.42. The second-order valence-electron chi connectivity index (χ2n) is 10.9. The van der Waals surface area contributed by atoms with Gasteiger partial charge in [0, 0.05) is 37.4 Å². The first-order chi connectivity index (χ1) is 17.5. The maximum absolute atomic E-state index is 13.5. The van der Waals surface area contributed by atoms with Gasteiger partial charge in [-0.2, -0.15) is 0 Å². The molecule has 1 unspecified atom stereocenters. The number of rotatable bonds is 9. The molecule has 1 saturated carbocycles. The Labute approximate surface area is 217 Å². The van der Waals surface area contributed by atoms with Gasteiger partial charge in [-0.1, -0.05) is 64.3 Å². The second kappa shape index (κ2) is 12.5. The van der Waals surface area contributed by atoms with Crippen molar-refractivity contribution in [3.63, 3.8) is 0 Å². The summed E-state index contributed by atoms with van der Waals surface area (Å²) in [5, 5.41) is 3.20. The Bertz CT molecular complexity index is 985. The normalized spacial score (nSPS) is 17.9. The fraction of sp³-hybridized carbons (Fsp3) is 0.548. The lowest BCUT2D eigenvalue weighted by atomic mass is 9.94. The predicted octanol–water partition coefficient (Wildman–Crippen LogP) is 6.11. The van der Waals surface area contributed by atoms with Crippen LogP contribution in [0.1, 0.15) is 86.7 Å². The lowest BCUT2D eigenvalue weighted by Crippen LogP contribution is -2.56. The van der Waals surface area contributed by atoms with E-state index in [0.29, 0.717) is 24.9 Å². The number of carbonyl (C=O) groups is 2. The van der Waals surface area contributed by atoms with Gasteiger partial charge in [0.15, 0.2) is 0 Å². The van der Waals surface area contributed by atoms with Crippen molar-refractivity contribution in [1.82, 2.24) is 9.80 Å². The molecule has 36 heavy (non-hydrogen) atoms. The van der Waals surface area contributed by atoms with Crippen molar-refractivity contribution in [3.05, 3.63) is 65.2 Å². The van der Waals surface area contributed by atoms with Crippen molar-refractivity contribution in [1.29, 1.82) is 0 Å². The summed E-state index contributed by atoms with van der Waals surface area (Å²) in [4.78, 5) is 30.9. The molecule has 2 aliphatic rings. The molecule has 5 nitrogen and oxygen atoms in total. The summed E-state index contributed by atoms with van der Waals surface area (Å²) in [6.45, 7) is 9.35. The number of carbonyl (C=O) groups excluding carboxylic acids is 2. The molecule has 2 amide bonds. The molecule has 2 aromatic carbocycles.